The standard InChI is InChI=1S/C34H46N4O9S/c1-20(2)30(38-32(43)26(35)19-23-16-17-27(40)25(18-23)22(4)39)33(44)36-21(3)31(42)37-28(14-11-15-29(41)47-34(5,6)7)48(45,46)24-12-9-8-10-13-24/h8-10,12-14,16-18,20-21,26,30,40H,11,15,19,35H2,1-7H3,(H,36,44)(H,37,42)(H,38,43). The number of nitrogens with two attached hydrogens (primary N) is 1. The molecule has 0 aliphatic rings. The van der Waals surface area contributed by atoms with Gasteiger partial charge in [0, 0.05) is 6.42 Å². The van der Waals surface area contributed by atoms with E-state index in [0.717, 1.165) is 0 Å². The molecular weight excluding hydrogens is 640 g/mol. The molecular formula is C34H46N4O9S. The largest absolute Gasteiger partial charge is 0.507 e. The van der Waals surface area contributed by atoms with Crippen LogP contribution in [0.1, 0.15) is 77.2 Å². The minimum Gasteiger partial charge on any atom is -0.507 e. The summed E-state index contributed by atoms with van der Waals surface area (Å²) in [6, 6.07) is 8.24. The van der Waals surface area contributed by atoms with Gasteiger partial charge in [0.25, 0.3) is 0 Å². The lowest BCUT2D eigenvalue weighted by atomic mass is 9.99. The Morgan fingerprint density at radius 1 is 0.938 bits per heavy atom. The molecule has 0 saturated heterocycles. The van der Waals surface area contributed by atoms with Crippen molar-refractivity contribution in [3.8, 4) is 5.75 Å². The van der Waals surface area contributed by atoms with Gasteiger partial charge in [0.15, 0.2) is 5.78 Å². The number of ketones is 1. The molecule has 3 unspecified atom stereocenters. The van der Waals surface area contributed by atoms with Crippen molar-refractivity contribution in [2.24, 2.45) is 11.7 Å². The van der Waals surface area contributed by atoms with Crippen LogP contribution >= 0.6 is 0 Å². The summed E-state index contributed by atoms with van der Waals surface area (Å²) >= 11 is 0. The van der Waals surface area contributed by atoms with Gasteiger partial charge in [-0.25, -0.2) is 8.42 Å². The number of nitrogens with one attached hydrogen (secondary N) is 3. The van der Waals surface area contributed by atoms with Crippen LogP contribution < -0.4 is 21.7 Å². The first kappa shape index (κ1) is 39.6. The molecule has 0 fully saturated rings. The summed E-state index contributed by atoms with van der Waals surface area (Å²) in [6.45, 7) is 11.1. The lowest BCUT2D eigenvalue weighted by molar-refractivity contribution is -0.154. The van der Waals surface area contributed by atoms with E-state index in [9.17, 15) is 37.5 Å². The van der Waals surface area contributed by atoms with Gasteiger partial charge in [-0.15, -0.1) is 0 Å². The van der Waals surface area contributed by atoms with Gasteiger partial charge >= 0.3 is 5.97 Å². The summed E-state index contributed by atoms with van der Waals surface area (Å²) in [5.41, 5.74) is 5.98. The van der Waals surface area contributed by atoms with Gasteiger partial charge < -0.3 is 31.5 Å². The number of sulfone groups is 1. The van der Waals surface area contributed by atoms with Gasteiger partial charge in [0.05, 0.1) is 16.5 Å². The minimum absolute atomic E-state index is 0.0105. The average Bonchev–Trinajstić information content (AvgIpc) is 2.99. The second-order valence-electron chi connectivity index (χ2n) is 12.7. The quantitative estimate of drug-likeness (QED) is 0.137. The summed E-state index contributed by atoms with van der Waals surface area (Å²) in [7, 11) is -4.22. The van der Waals surface area contributed by atoms with Crippen molar-refractivity contribution in [3.05, 3.63) is 70.8 Å². The number of allylic oxidation sites excluding steroid dienone is 1. The van der Waals surface area contributed by atoms with Crippen molar-refractivity contribution >= 4 is 39.3 Å². The number of rotatable bonds is 15. The Morgan fingerprint density at radius 2 is 1.56 bits per heavy atom. The van der Waals surface area contributed by atoms with Crippen LogP contribution in [0.25, 0.3) is 0 Å². The van der Waals surface area contributed by atoms with Gasteiger partial charge in [0.1, 0.15) is 28.5 Å². The lowest BCUT2D eigenvalue weighted by Gasteiger charge is -2.25. The molecule has 0 aliphatic carbocycles. The molecule has 0 aliphatic heterocycles. The van der Waals surface area contributed by atoms with E-state index in [1.807, 2.05) is 0 Å². The maximum atomic E-state index is 13.4. The van der Waals surface area contributed by atoms with Crippen molar-refractivity contribution < 1.29 is 42.2 Å². The molecule has 48 heavy (non-hydrogen) atoms. The van der Waals surface area contributed by atoms with Crippen LogP contribution in [-0.4, -0.2) is 66.7 Å². The third-order valence-electron chi connectivity index (χ3n) is 6.92. The van der Waals surface area contributed by atoms with E-state index >= 15 is 0 Å². The SMILES string of the molecule is CC(=O)c1cc(CC(N)C(=O)NC(C(=O)NC(C)C(=O)NC(=CCCC(=O)OC(C)(C)C)S(=O)(=O)c2ccccc2)C(C)C)ccc1O. The fourth-order valence-corrected chi connectivity index (χ4v) is 5.74. The normalized spacial score (nSPS) is 14.0. The van der Waals surface area contributed by atoms with Crippen LogP contribution in [-0.2, 0) is 40.2 Å². The second-order valence-corrected chi connectivity index (χ2v) is 14.6. The molecule has 2 aromatic carbocycles. The molecule has 262 valence electrons. The molecule has 3 atom stereocenters. The van der Waals surface area contributed by atoms with Crippen LogP contribution in [0.3, 0.4) is 0 Å². The first-order valence-electron chi connectivity index (χ1n) is 15.4. The molecule has 6 N–H and O–H groups in total. The summed E-state index contributed by atoms with van der Waals surface area (Å²) in [6.07, 6.45) is 1.02. The summed E-state index contributed by atoms with van der Waals surface area (Å²) in [5.74, 6) is -3.77. The number of hydrogen-bond donors (Lipinski definition) is 5. The van der Waals surface area contributed by atoms with Crippen LogP contribution in [0.4, 0.5) is 0 Å². The number of esters is 1. The van der Waals surface area contributed by atoms with Crippen molar-refractivity contribution in [3.63, 3.8) is 0 Å². The van der Waals surface area contributed by atoms with E-state index < -0.39 is 68.2 Å². The highest BCUT2D eigenvalue weighted by Gasteiger charge is 2.30. The Morgan fingerprint density at radius 3 is 2.12 bits per heavy atom. The smallest absolute Gasteiger partial charge is 0.306 e. The fourth-order valence-electron chi connectivity index (χ4n) is 4.40. The van der Waals surface area contributed by atoms with E-state index in [1.165, 1.54) is 62.4 Å². The molecule has 0 bridgehead atoms. The number of carbonyl (C=O) groups is 5. The van der Waals surface area contributed by atoms with Crippen molar-refractivity contribution in [1.29, 1.82) is 0 Å². The number of phenolic OH excluding ortho intramolecular Hbond substituents is 1. The number of carbonyl (C=O) groups excluding carboxylic acids is 5. The van der Waals surface area contributed by atoms with E-state index in [-0.39, 0.29) is 41.3 Å². The summed E-state index contributed by atoms with van der Waals surface area (Å²) < 4.78 is 32.1. The molecule has 0 radical (unpaired) electrons. The van der Waals surface area contributed by atoms with E-state index in [0.29, 0.717) is 5.56 Å². The highest BCUT2D eigenvalue weighted by Crippen LogP contribution is 2.21. The van der Waals surface area contributed by atoms with E-state index in [2.05, 4.69) is 16.0 Å². The third kappa shape index (κ3) is 11.9. The van der Waals surface area contributed by atoms with Crippen molar-refractivity contribution in [2.75, 3.05) is 0 Å². The molecule has 0 aromatic heterocycles. The summed E-state index contributed by atoms with van der Waals surface area (Å²) in [5, 5.41) is 16.9. The zero-order valence-electron chi connectivity index (χ0n) is 28.3. The van der Waals surface area contributed by atoms with Crippen LogP contribution in [0.15, 0.2) is 64.5 Å². The Labute approximate surface area is 281 Å². The fraction of sp³-hybridized carbons (Fsp3) is 0.441. The first-order valence-corrected chi connectivity index (χ1v) is 16.9. The maximum absolute atomic E-state index is 13.4. The maximum Gasteiger partial charge on any atom is 0.306 e. The number of Topliss-reactive ketones (excluding diaryl/α,β-unsaturated/α-hetero) is 1. The number of ether oxygens (including phenoxy) is 1. The lowest BCUT2D eigenvalue weighted by Crippen LogP contribution is -2.57. The van der Waals surface area contributed by atoms with Gasteiger partial charge in [-0.3, -0.25) is 24.0 Å². The molecule has 0 saturated carbocycles. The summed E-state index contributed by atoms with van der Waals surface area (Å²) in [4.78, 5) is 63.3. The Kier molecular flexibility index (Phi) is 14.0. The van der Waals surface area contributed by atoms with Crippen LogP contribution in [0.2, 0.25) is 0 Å². The Balaban J connectivity index is 2.16. The van der Waals surface area contributed by atoms with Gasteiger partial charge in [-0.1, -0.05) is 38.1 Å². The third-order valence-corrected chi connectivity index (χ3v) is 8.66. The monoisotopic (exact) mass is 686 g/mol. The van der Waals surface area contributed by atoms with Gasteiger partial charge in [-0.05, 0) is 89.3 Å². The number of amides is 3. The number of benzene rings is 2. The van der Waals surface area contributed by atoms with E-state index in [4.69, 9.17) is 10.5 Å². The number of aromatic hydroxyl groups is 1. The Hall–Kier alpha value is -4.56. The topological polar surface area (TPSA) is 211 Å². The molecule has 14 heteroatoms. The molecule has 0 heterocycles. The number of hydrogen-bond acceptors (Lipinski definition) is 10. The number of phenols is 1. The van der Waals surface area contributed by atoms with Crippen LogP contribution in [0.5, 0.6) is 5.75 Å². The predicted octanol–water partition coefficient (Wildman–Crippen LogP) is 2.66. The van der Waals surface area contributed by atoms with Crippen molar-refractivity contribution in [1.82, 2.24) is 16.0 Å². The highest BCUT2D eigenvalue weighted by molar-refractivity contribution is 7.95. The second kappa shape index (κ2) is 17.0. The molecule has 2 rings (SSSR count). The molecule has 0 spiro atoms. The molecule has 2 aromatic rings. The molecule has 13 nitrogen and oxygen atoms in total. The zero-order valence-corrected chi connectivity index (χ0v) is 29.1. The molecule has 3 amide bonds. The van der Waals surface area contributed by atoms with Crippen molar-refractivity contribution in [2.45, 2.75) is 96.4 Å². The first-order chi connectivity index (χ1) is 22.2. The van der Waals surface area contributed by atoms with Gasteiger partial charge in [0.2, 0.25) is 27.6 Å². The van der Waals surface area contributed by atoms with Crippen LogP contribution in [0, 0.1) is 5.92 Å². The van der Waals surface area contributed by atoms with E-state index in [1.54, 1.807) is 40.7 Å². The minimum atomic E-state index is -4.22. The average molecular weight is 687 g/mol. The highest BCUT2D eigenvalue weighted by atomic mass is 32.2. The van der Waals surface area contributed by atoms with Gasteiger partial charge in [-0.2, -0.15) is 0 Å². The Bertz CT molecular complexity index is 1630. The zero-order chi connectivity index (χ0) is 36.4. The predicted molar refractivity (Wildman–Crippen MR) is 179 cm³/mol.